The van der Waals surface area contributed by atoms with Gasteiger partial charge in [0.1, 0.15) is 5.82 Å². The van der Waals surface area contributed by atoms with Crippen molar-refractivity contribution in [2.24, 2.45) is 0 Å². The number of hydrogen-bond acceptors (Lipinski definition) is 2. The molecule has 0 radical (unpaired) electrons. The van der Waals surface area contributed by atoms with Crippen LogP contribution in [0.3, 0.4) is 0 Å². The van der Waals surface area contributed by atoms with Gasteiger partial charge in [0.05, 0.1) is 0 Å². The van der Waals surface area contributed by atoms with Gasteiger partial charge in [0.2, 0.25) is 0 Å². The minimum absolute atomic E-state index is 0.0803. The second-order valence-electron chi connectivity index (χ2n) is 6.69. The Kier molecular flexibility index (Phi) is 4.89. The molecule has 140 valence electrons. The summed E-state index contributed by atoms with van der Waals surface area (Å²) in [4.78, 5) is 26.9. The molecule has 3 aromatic rings. The molecular formula is C23H19FN2O2. The van der Waals surface area contributed by atoms with E-state index in [1.54, 1.807) is 47.4 Å². The molecule has 0 aromatic heterocycles. The molecule has 0 spiro atoms. The van der Waals surface area contributed by atoms with E-state index >= 15 is 0 Å². The van der Waals surface area contributed by atoms with Gasteiger partial charge in [-0.05, 0) is 48.4 Å². The summed E-state index contributed by atoms with van der Waals surface area (Å²) in [6.45, 7) is 0.764. The standard InChI is InChI=1S/C23H19FN2O2/c24-20-7-3-1-6-19(20)15-25-22(27)17-9-11-18(12-10-17)23(28)26-14-13-16-5-2-4-8-21(16)26/h1-12H,13-15H2,(H,25,27). The molecule has 0 atom stereocenters. The van der Waals surface area contributed by atoms with Crippen molar-refractivity contribution in [3.63, 3.8) is 0 Å². The Morgan fingerprint density at radius 3 is 2.36 bits per heavy atom. The summed E-state index contributed by atoms with van der Waals surface area (Å²) in [7, 11) is 0. The smallest absolute Gasteiger partial charge is 0.258 e. The first-order chi connectivity index (χ1) is 13.6. The number of carbonyl (C=O) groups is 2. The van der Waals surface area contributed by atoms with Crippen LogP contribution < -0.4 is 10.2 Å². The van der Waals surface area contributed by atoms with Gasteiger partial charge in [0, 0.05) is 35.5 Å². The average Bonchev–Trinajstić information content (AvgIpc) is 3.17. The molecular weight excluding hydrogens is 355 g/mol. The molecule has 0 saturated carbocycles. The van der Waals surface area contributed by atoms with Gasteiger partial charge in [0.25, 0.3) is 11.8 Å². The molecule has 0 bridgehead atoms. The Balaban J connectivity index is 1.43. The van der Waals surface area contributed by atoms with Gasteiger partial charge in [-0.25, -0.2) is 4.39 Å². The molecule has 3 aromatic carbocycles. The number of rotatable bonds is 4. The molecule has 1 aliphatic rings. The minimum atomic E-state index is -0.352. The van der Waals surface area contributed by atoms with E-state index in [0.717, 1.165) is 12.1 Å². The molecule has 4 nitrogen and oxygen atoms in total. The molecule has 0 unspecified atom stereocenters. The normalized spacial score (nSPS) is 12.5. The number of halogens is 1. The van der Waals surface area contributed by atoms with Crippen molar-refractivity contribution in [1.82, 2.24) is 5.32 Å². The maximum absolute atomic E-state index is 13.6. The highest BCUT2D eigenvalue weighted by Gasteiger charge is 2.25. The SMILES string of the molecule is O=C(NCc1ccccc1F)c1ccc(C(=O)N2CCc3ccccc32)cc1. The fourth-order valence-corrected chi connectivity index (χ4v) is 3.39. The van der Waals surface area contributed by atoms with Crippen LogP contribution in [0.1, 0.15) is 31.8 Å². The number of amides is 2. The number of nitrogens with one attached hydrogen (secondary N) is 1. The zero-order valence-electron chi connectivity index (χ0n) is 15.2. The number of hydrogen-bond donors (Lipinski definition) is 1. The predicted octanol–water partition coefficient (Wildman–Crippen LogP) is 3.96. The first-order valence-corrected chi connectivity index (χ1v) is 9.15. The highest BCUT2D eigenvalue weighted by atomic mass is 19.1. The Hall–Kier alpha value is -3.47. The number of anilines is 1. The van der Waals surface area contributed by atoms with Gasteiger partial charge in [-0.1, -0.05) is 36.4 Å². The van der Waals surface area contributed by atoms with Crippen molar-refractivity contribution in [1.29, 1.82) is 0 Å². The van der Waals surface area contributed by atoms with E-state index in [4.69, 9.17) is 0 Å². The molecule has 0 fully saturated rings. The van der Waals surface area contributed by atoms with Crippen LogP contribution in [0.2, 0.25) is 0 Å². The third-order valence-electron chi connectivity index (χ3n) is 4.92. The summed E-state index contributed by atoms with van der Waals surface area (Å²) in [6, 6.07) is 20.7. The van der Waals surface area contributed by atoms with Crippen molar-refractivity contribution in [2.75, 3.05) is 11.4 Å². The van der Waals surface area contributed by atoms with Gasteiger partial charge in [-0.15, -0.1) is 0 Å². The van der Waals surface area contributed by atoms with Crippen LogP contribution in [-0.4, -0.2) is 18.4 Å². The van der Waals surface area contributed by atoms with Crippen LogP contribution in [0.4, 0.5) is 10.1 Å². The van der Waals surface area contributed by atoms with E-state index in [1.165, 1.54) is 11.6 Å². The van der Waals surface area contributed by atoms with Gasteiger partial charge in [-0.2, -0.15) is 0 Å². The summed E-state index contributed by atoms with van der Waals surface area (Å²) in [6.07, 6.45) is 0.846. The lowest BCUT2D eigenvalue weighted by Gasteiger charge is -2.17. The zero-order chi connectivity index (χ0) is 19.5. The summed E-state index contributed by atoms with van der Waals surface area (Å²) in [5.74, 6) is -0.744. The van der Waals surface area contributed by atoms with Crippen LogP contribution >= 0.6 is 0 Å². The summed E-state index contributed by atoms with van der Waals surface area (Å²) >= 11 is 0. The Morgan fingerprint density at radius 1 is 0.893 bits per heavy atom. The van der Waals surface area contributed by atoms with Gasteiger partial charge in [-0.3, -0.25) is 9.59 Å². The predicted molar refractivity (Wildman–Crippen MR) is 106 cm³/mol. The van der Waals surface area contributed by atoms with E-state index < -0.39 is 0 Å². The second-order valence-corrected chi connectivity index (χ2v) is 6.69. The molecule has 0 saturated heterocycles. The van der Waals surface area contributed by atoms with Gasteiger partial charge in [0.15, 0.2) is 0 Å². The number of fused-ring (bicyclic) bond motifs is 1. The second kappa shape index (κ2) is 7.64. The number of carbonyl (C=O) groups excluding carboxylic acids is 2. The average molecular weight is 374 g/mol. The highest BCUT2D eigenvalue weighted by Crippen LogP contribution is 2.28. The van der Waals surface area contributed by atoms with E-state index in [2.05, 4.69) is 5.32 Å². The third kappa shape index (κ3) is 3.51. The molecule has 1 heterocycles. The topological polar surface area (TPSA) is 49.4 Å². The number of nitrogens with zero attached hydrogens (tertiary/aromatic N) is 1. The van der Waals surface area contributed by atoms with Gasteiger partial charge >= 0.3 is 0 Å². The maximum atomic E-state index is 13.6. The molecule has 5 heteroatoms. The lowest BCUT2D eigenvalue weighted by atomic mass is 10.1. The maximum Gasteiger partial charge on any atom is 0.258 e. The van der Waals surface area contributed by atoms with E-state index in [0.29, 0.717) is 23.2 Å². The van der Waals surface area contributed by atoms with Crippen molar-refractivity contribution < 1.29 is 14.0 Å². The van der Waals surface area contributed by atoms with E-state index in [9.17, 15) is 14.0 Å². The highest BCUT2D eigenvalue weighted by molar-refractivity contribution is 6.07. The fraction of sp³-hybridized carbons (Fsp3) is 0.130. The zero-order valence-corrected chi connectivity index (χ0v) is 15.2. The third-order valence-corrected chi connectivity index (χ3v) is 4.92. The molecule has 28 heavy (non-hydrogen) atoms. The fourth-order valence-electron chi connectivity index (χ4n) is 3.39. The molecule has 0 aliphatic carbocycles. The number of benzene rings is 3. The lowest BCUT2D eigenvalue weighted by molar-refractivity contribution is 0.0947. The van der Waals surface area contributed by atoms with Crippen LogP contribution in [0, 0.1) is 5.82 Å². The Morgan fingerprint density at radius 2 is 1.57 bits per heavy atom. The summed E-state index contributed by atoms with van der Waals surface area (Å²) in [5, 5.41) is 2.70. The van der Waals surface area contributed by atoms with Crippen LogP contribution in [0.25, 0.3) is 0 Å². The van der Waals surface area contributed by atoms with Gasteiger partial charge < -0.3 is 10.2 Å². The molecule has 1 aliphatic heterocycles. The van der Waals surface area contributed by atoms with Crippen LogP contribution in [-0.2, 0) is 13.0 Å². The van der Waals surface area contributed by atoms with Crippen molar-refractivity contribution in [2.45, 2.75) is 13.0 Å². The van der Waals surface area contributed by atoms with E-state index in [1.807, 2.05) is 24.3 Å². The van der Waals surface area contributed by atoms with Crippen molar-refractivity contribution >= 4 is 17.5 Å². The monoisotopic (exact) mass is 374 g/mol. The molecule has 2 amide bonds. The minimum Gasteiger partial charge on any atom is -0.348 e. The lowest BCUT2D eigenvalue weighted by Crippen LogP contribution is -2.29. The van der Waals surface area contributed by atoms with Crippen molar-refractivity contribution in [3.05, 3.63) is 101 Å². The van der Waals surface area contributed by atoms with Crippen molar-refractivity contribution in [3.8, 4) is 0 Å². The number of para-hydroxylation sites is 1. The largest absolute Gasteiger partial charge is 0.348 e. The van der Waals surface area contributed by atoms with Crippen LogP contribution in [0.5, 0.6) is 0 Å². The summed E-state index contributed by atoms with van der Waals surface area (Å²) in [5.41, 5.74) is 3.49. The first kappa shape index (κ1) is 17.9. The first-order valence-electron chi connectivity index (χ1n) is 9.15. The summed E-state index contributed by atoms with van der Waals surface area (Å²) < 4.78 is 13.6. The van der Waals surface area contributed by atoms with Crippen LogP contribution in [0.15, 0.2) is 72.8 Å². The Bertz CT molecular complexity index is 1030. The molecule has 4 rings (SSSR count). The quantitative estimate of drug-likeness (QED) is 0.752. The molecule has 1 N–H and O–H groups in total. The van der Waals surface area contributed by atoms with E-state index in [-0.39, 0.29) is 24.2 Å². The Labute approximate surface area is 162 Å².